The van der Waals surface area contributed by atoms with Gasteiger partial charge in [0, 0.05) is 55.4 Å². The SMILES string of the molecule is CCc1cc2c(s1)Nc1ccc(F)cc1NC2=NCCCN1CCOCC1.O=C(O)/C=C\C(=O)O.O=C(O)/C=C\C(=O)O. The van der Waals surface area contributed by atoms with E-state index in [0.29, 0.717) is 24.3 Å². The highest BCUT2D eigenvalue weighted by Crippen LogP contribution is 2.38. The molecule has 0 amide bonds. The van der Waals surface area contributed by atoms with Crippen LogP contribution < -0.4 is 10.6 Å². The monoisotopic (exact) mass is 620 g/mol. The Balaban J connectivity index is 0.000000334. The first-order chi connectivity index (χ1) is 20.5. The molecule has 0 atom stereocenters. The Morgan fingerprint density at radius 2 is 1.51 bits per heavy atom. The van der Waals surface area contributed by atoms with Crippen LogP contribution in [-0.4, -0.2) is 94.4 Å². The van der Waals surface area contributed by atoms with Crippen LogP contribution in [0.4, 0.5) is 20.8 Å². The normalized spacial score (nSPS) is 15.1. The summed E-state index contributed by atoms with van der Waals surface area (Å²) < 4.78 is 19.1. The fraction of sp³-hybridized carbons (Fsp3) is 0.321. The minimum Gasteiger partial charge on any atom is -0.478 e. The molecule has 1 saturated heterocycles. The molecule has 1 aromatic carbocycles. The molecule has 0 unspecified atom stereocenters. The van der Waals surface area contributed by atoms with E-state index in [1.165, 1.54) is 17.0 Å². The molecule has 2 aromatic rings. The van der Waals surface area contributed by atoms with Crippen molar-refractivity contribution in [2.75, 3.05) is 50.0 Å². The molecule has 0 saturated carbocycles. The molecule has 13 nitrogen and oxygen atoms in total. The van der Waals surface area contributed by atoms with Crippen LogP contribution in [0.1, 0.15) is 23.8 Å². The molecule has 0 bridgehead atoms. The zero-order valence-corrected chi connectivity index (χ0v) is 24.1. The Labute approximate surface area is 250 Å². The van der Waals surface area contributed by atoms with E-state index in [0.717, 1.165) is 80.0 Å². The standard InChI is InChI=1S/C20H25FN4OS.2C4H4O4/c1-2-15-13-16-19(22-6-3-7-25-8-10-26-11-9-25)23-18-12-14(21)4-5-17(18)24-20(16)27-15;2*5-3(6)1-2-4(7)8/h4-5,12-13,24H,2-3,6-11H2,1H3,(H,22,23);2*1-2H,(H,5,6)(H,7,8)/b;2*2-1-. The molecule has 232 valence electrons. The summed E-state index contributed by atoms with van der Waals surface area (Å²) in [7, 11) is 0. The zero-order valence-electron chi connectivity index (χ0n) is 23.3. The van der Waals surface area contributed by atoms with E-state index in [-0.39, 0.29) is 5.82 Å². The van der Waals surface area contributed by atoms with Crippen LogP contribution in [0.2, 0.25) is 0 Å². The van der Waals surface area contributed by atoms with E-state index in [4.69, 9.17) is 30.2 Å². The third-order valence-corrected chi connectivity index (χ3v) is 6.81. The number of fused-ring (bicyclic) bond motifs is 2. The highest BCUT2D eigenvalue weighted by Gasteiger charge is 2.21. The summed E-state index contributed by atoms with van der Waals surface area (Å²) in [5.41, 5.74) is 2.67. The van der Waals surface area contributed by atoms with E-state index >= 15 is 0 Å². The van der Waals surface area contributed by atoms with Crippen molar-refractivity contribution in [3.63, 3.8) is 0 Å². The number of thiophene rings is 1. The maximum Gasteiger partial charge on any atom is 0.328 e. The number of carboxylic acid groups (broad SMARTS) is 4. The second kappa shape index (κ2) is 18.0. The average molecular weight is 621 g/mol. The number of ether oxygens (including phenoxy) is 1. The van der Waals surface area contributed by atoms with Gasteiger partial charge in [-0.05, 0) is 37.1 Å². The molecule has 0 spiro atoms. The molecule has 1 aromatic heterocycles. The van der Waals surface area contributed by atoms with Gasteiger partial charge < -0.3 is 35.8 Å². The first-order valence-electron chi connectivity index (χ1n) is 13.1. The highest BCUT2D eigenvalue weighted by molar-refractivity contribution is 7.16. The summed E-state index contributed by atoms with van der Waals surface area (Å²) in [5, 5.41) is 39.1. The minimum atomic E-state index is -1.26. The molecule has 2 aliphatic heterocycles. The molecule has 43 heavy (non-hydrogen) atoms. The number of amidine groups is 1. The van der Waals surface area contributed by atoms with Gasteiger partial charge in [0.15, 0.2) is 0 Å². The second-order valence-corrected chi connectivity index (χ2v) is 9.94. The smallest absolute Gasteiger partial charge is 0.328 e. The number of aliphatic imine (C=N–C) groups is 1. The molecule has 3 heterocycles. The lowest BCUT2D eigenvalue weighted by Crippen LogP contribution is -2.37. The number of nitrogens with zero attached hydrogens (tertiary/aromatic N) is 2. The topological polar surface area (TPSA) is 198 Å². The number of rotatable bonds is 9. The lowest BCUT2D eigenvalue weighted by molar-refractivity contribution is -0.134. The van der Waals surface area contributed by atoms with Crippen LogP contribution in [0.25, 0.3) is 0 Å². The van der Waals surface area contributed by atoms with Crippen molar-refractivity contribution in [1.82, 2.24) is 4.90 Å². The number of morpholine rings is 1. The van der Waals surface area contributed by atoms with Gasteiger partial charge in [0.05, 0.1) is 30.2 Å². The number of carbonyl (C=O) groups is 4. The molecule has 1 fully saturated rings. The van der Waals surface area contributed by atoms with Gasteiger partial charge in [0.2, 0.25) is 0 Å². The van der Waals surface area contributed by atoms with E-state index in [1.807, 2.05) is 0 Å². The van der Waals surface area contributed by atoms with E-state index in [2.05, 4.69) is 28.5 Å². The van der Waals surface area contributed by atoms with E-state index < -0.39 is 23.9 Å². The van der Waals surface area contributed by atoms with Crippen molar-refractivity contribution in [2.24, 2.45) is 4.99 Å². The molecule has 15 heteroatoms. The van der Waals surface area contributed by atoms with Gasteiger partial charge >= 0.3 is 23.9 Å². The Bertz CT molecular complexity index is 1300. The van der Waals surface area contributed by atoms with Gasteiger partial charge in [-0.1, -0.05) is 6.92 Å². The average Bonchev–Trinajstić information content (AvgIpc) is 3.32. The second-order valence-electron chi connectivity index (χ2n) is 8.81. The van der Waals surface area contributed by atoms with Crippen LogP contribution >= 0.6 is 11.3 Å². The van der Waals surface area contributed by atoms with Gasteiger partial charge in [-0.15, -0.1) is 11.3 Å². The van der Waals surface area contributed by atoms with Crippen molar-refractivity contribution >= 4 is 57.4 Å². The van der Waals surface area contributed by atoms with Gasteiger partial charge in [-0.2, -0.15) is 0 Å². The Kier molecular flexibility index (Phi) is 14.5. The number of aryl methyl sites for hydroxylation is 1. The number of halogens is 1. The number of nitrogens with one attached hydrogen (secondary N) is 2. The molecular formula is C28H33FN4O9S. The number of benzene rings is 1. The van der Waals surface area contributed by atoms with Crippen molar-refractivity contribution in [3.05, 3.63) is 64.8 Å². The first kappa shape index (κ1) is 34.6. The highest BCUT2D eigenvalue weighted by atomic mass is 32.1. The maximum atomic E-state index is 13.7. The van der Waals surface area contributed by atoms with E-state index in [1.54, 1.807) is 17.4 Å². The Hall–Kier alpha value is -4.60. The van der Waals surface area contributed by atoms with Gasteiger partial charge in [0.25, 0.3) is 0 Å². The van der Waals surface area contributed by atoms with Crippen LogP contribution in [0.3, 0.4) is 0 Å². The van der Waals surface area contributed by atoms with Gasteiger partial charge in [-0.3, -0.25) is 9.89 Å². The summed E-state index contributed by atoms with van der Waals surface area (Å²) in [6, 6.07) is 6.95. The third kappa shape index (κ3) is 13.3. The zero-order chi connectivity index (χ0) is 31.8. The third-order valence-electron chi connectivity index (χ3n) is 5.61. The number of hydrogen-bond acceptors (Lipinski definition) is 9. The number of anilines is 3. The summed E-state index contributed by atoms with van der Waals surface area (Å²) in [4.78, 5) is 46.8. The lowest BCUT2D eigenvalue weighted by atomic mass is 10.2. The summed E-state index contributed by atoms with van der Waals surface area (Å²) in [6.07, 6.45) is 4.21. The largest absolute Gasteiger partial charge is 0.478 e. The summed E-state index contributed by atoms with van der Waals surface area (Å²) >= 11 is 1.73. The van der Waals surface area contributed by atoms with Crippen LogP contribution in [0, 0.1) is 5.82 Å². The Morgan fingerprint density at radius 1 is 0.930 bits per heavy atom. The molecule has 0 aliphatic carbocycles. The van der Waals surface area contributed by atoms with Crippen molar-refractivity contribution in [2.45, 2.75) is 19.8 Å². The van der Waals surface area contributed by atoms with Gasteiger partial charge in [-0.25, -0.2) is 23.6 Å². The minimum absolute atomic E-state index is 0.255. The van der Waals surface area contributed by atoms with Crippen molar-refractivity contribution in [3.8, 4) is 0 Å². The molecule has 4 rings (SSSR count). The summed E-state index contributed by atoms with van der Waals surface area (Å²) in [5.74, 6) is -4.46. The number of carboxylic acids is 4. The van der Waals surface area contributed by atoms with E-state index in [9.17, 15) is 23.6 Å². The fourth-order valence-electron chi connectivity index (χ4n) is 3.65. The quantitative estimate of drug-likeness (QED) is 0.176. The molecule has 0 radical (unpaired) electrons. The van der Waals surface area contributed by atoms with Crippen LogP contribution in [0.15, 0.2) is 53.6 Å². The Morgan fingerprint density at radius 3 is 2.05 bits per heavy atom. The fourth-order valence-corrected chi connectivity index (χ4v) is 4.66. The molecule has 2 aliphatic rings. The van der Waals surface area contributed by atoms with Crippen molar-refractivity contribution in [1.29, 1.82) is 0 Å². The summed E-state index contributed by atoms with van der Waals surface area (Å²) in [6.45, 7) is 7.56. The molecular weight excluding hydrogens is 587 g/mol. The van der Waals surface area contributed by atoms with Crippen molar-refractivity contribution < 1.29 is 48.7 Å². The lowest BCUT2D eigenvalue weighted by Gasteiger charge is -2.26. The number of hydrogen-bond donors (Lipinski definition) is 6. The molecule has 6 N–H and O–H groups in total. The number of aliphatic carboxylic acids is 4. The first-order valence-corrected chi connectivity index (χ1v) is 13.9. The van der Waals surface area contributed by atoms with Gasteiger partial charge in [0.1, 0.15) is 16.7 Å². The van der Waals surface area contributed by atoms with Crippen LogP contribution in [0.5, 0.6) is 0 Å². The maximum absolute atomic E-state index is 13.7. The predicted molar refractivity (Wildman–Crippen MR) is 159 cm³/mol. The predicted octanol–water partition coefficient (Wildman–Crippen LogP) is 3.51. The van der Waals surface area contributed by atoms with Crippen LogP contribution in [-0.2, 0) is 30.3 Å².